The Morgan fingerprint density at radius 2 is 1.71 bits per heavy atom. The van der Waals surface area contributed by atoms with Crippen LogP contribution in [0.25, 0.3) is 11.3 Å². The van der Waals surface area contributed by atoms with Gasteiger partial charge in [-0.2, -0.15) is 0 Å². The third kappa shape index (κ3) is 5.53. The molecule has 0 aliphatic carbocycles. The van der Waals surface area contributed by atoms with Crippen LogP contribution in [0.5, 0.6) is 11.6 Å². The molecule has 0 radical (unpaired) electrons. The molecule has 6 nitrogen and oxygen atoms in total. The van der Waals surface area contributed by atoms with Gasteiger partial charge in [0.15, 0.2) is 0 Å². The van der Waals surface area contributed by atoms with E-state index in [4.69, 9.17) is 9.47 Å². The van der Waals surface area contributed by atoms with E-state index in [2.05, 4.69) is 31.4 Å². The van der Waals surface area contributed by atoms with Crippen molar-refractivity contribution < 1.29 is 14.3 Å². The van der Waals surface area contributed by atoms with Crippen molar-refractivity contribution in [3.63, 3.8) is 0 Å². The van der Waals surface area contributed by atoms with Crippen LogP contribution in [0.1, 0.15) is 17.3 Å². The highest BCUT2D eigenvalue weighted by Crippen LogP contribution is 2.21. The molecular weight excluding hydrogens is 422 g/mol. The summed E-state index contributed by atoms with van der Waals surface area (Å²) in [4.78, 5) is 12.0. The summed E-state index contributed by atoms with van der Waals surface area (Å²) in [7, 11) is 0. The van der Waals surface area contributed by atoms with Crippen molar-refractivity contribution in [1.29, 1.82) is 0 Å². The van der Waals surface area contributed by atoms with Crippen molar-refractivity contribution in [3.05, 3.63) is 70.7 Å². The Kier molecular flexibility index (Phi) is 6.97. The van der Waals surface area contributed by atoms with Crippen molar-refractivity contribution in [2.75, 3.05) is 19.8 Å². The third-order valence-electron chi connectivity index (χ3n) is 3.85. The van der Waals surface area contributed by atoms with Crippen molar-refractivity contribution in [2.24, 2.45) is 0 Å². The number of aromatic nitrogens is 2. The van der Waals surface area contributed by atoms with Crippen molar-refractivity contribution in [3.8, 4) is 22.9 Å². The lowest BCUT2D eigenvalue weighted by Crippen LogP contribution is -2.28. The number of benzene rings is 2. The number of carbonyl (C=O) groups is 1. The summed E-state index contributed by atoms with van der Waals surface area (Å²) in [5, 5.41) is 11.1. The lowest BCUT2D eigenvalue weighted by Gasteiger charge is -2.08. The van der Waals surface area contributed by atoms with Gasteiger partial charge in [-0.25, -0.2) is 0 Å². The Morgan fingerprint density at radius 1 is 0.964 bits per heavy atom. The molecule has 28 heavy (non-hydrogen) atoms. The smallest absolute Gasteiger partial charge is 0.251 e. The van der Waals surface area contributed by atoms with Gasteiger partial charge in [0.05, 0.1) is 18.8 Å². The molecule has 0 aliphatic heterocycles. The molecular formula is C21H20BrN3O3. The molecule has 7 heteroatoms. The van der Waals surface area contributed by atoms with E-state index in [0.29, 0.717) is 31.2 Å². The van der Waals surface area contributed by atoms with Crippen molar-refractivity contribution in [2.45, 2.75) is 6.92 Å². The van der Waals surface area contributed by atoms with Gasteiger partial charge in [0.2, 0.25) is 5.88 Å². The first-order chi connectivity index (χ1) is 13.7. The highest BCUT2D eigenvalue weighted by molar-refractivity contribution is 9.10. The average molecular weight is 442 g/mol. The van der Waals surface area contributed by atoms with E-state index in [1.165, 1.54) is 0 Å². The first kappa shape index (κ1) is 19.8. The van der Waals surface area contributed by atoms with Crippen molar-refractivity contribution in [1.82, 2.24) is 15.5 Å². The Hall–Kier alpha value is -2.93. The molecule has 1 amide bonds. The predicted octanol–water partition coefficient (Wildman–Crippen LogP) is 4.11. The summed E-state index contributed by atoms with van der Waals surface area (Å²) < 4.78 is 11.9. The van der Waals surface area contributed by atoms with E-state index >= 15 is 0 Å². The lowest BCUT2D eigenvalue weighted by atomic mass is 10.1. The standard InChI is InChI=1S/C21H20BrN3O3/c1-2-27-18-9-5-15(6-10-18)19-11-12-20(25-24-19)28-14-13-23-21(26)16-3-7-17(22)8-4-16/h3-12H,2,13-14H2,1H3,(H,23,26). The lowest BCUT2D eigenvalue weighted by molar-refractivity contribution is 0.0946. The SMILES string of the molecule is CCOc1ccc(-c2ccc(OCCNC(=O)c3ccc(Br)cc3)nn2)cc1. The maximum Gasteiger partial charge on any atom is 0.251 e. The fraction of sp³-hybridized carbons (Fsp3) is 0.190. The minimum absolute atomic E-state index is 0.145. The largest absolute Gasteiger partial charge is 0.494 e. The van der Waals surface area contributed by atoms with E-state index in [0.717, 1.165) is 21.5 Å². The average Bonchev–Trinajstić information content (AvgIpc) is 2.73. The van der Waals surface area contributed by atoms with Crippen LogP contribution in [0.4, 0.5) is 0 Å². The molecule has 0 saturated carbocycles. The zero-order chi connectivity index (χ0) is 19.8. The van der Waals surface area contributed by atoms with E-state index in [1.54, 1.807) is 18.2 Å². The predicted molar refractivity (Wildman–Crippen MR) is 111 cm³/mol. The minimum Gasteiger partial charge on any atom is -0.494 e. The third-order valence-corrected chi connectivity index (χ3v) is 4.37. The van der Waals surface area contributed by atoms with Crippen LogP contribution in [-0.4, -0.2) is 35.9 Å². The molecule has 0 atom stereocenters. The highest BCUT2D eigenvalue weighted by Gasteiger charge is 2.05. The number of hydrogen-bond donors (Lipinski definition) is 1. The monoisotopic (exact) mass is 441 g/mol. The molecule has 1 heterocycles. The Bertz CT molecular complexity index is 898. The van der Waals surface area contributed by atoms with Crippen LogP contribution in [0.15, 0.2) is 65.1 Å². The van der Waals surface area contributed by atoms with Crippen molar-refractivity contribution >= 4 is 21.8 Å². The number of amides is 1. The van der Waals surface area contributed by atoms with E-state index < -0.39 is 0 Å². The molecule has 0 fully saturated rings. The van der Waals surface area contributed by atoms with Crippen LogP contribution in [0, 0.1) is 0 Å². The quantitative estimate of drug-likeness (QED) is 0.532. The second-order valence-electron chi connectivity index (χ2n) is 5.83. The zero-order valence-corrected chi connectivity index (χ0v) is 17.0. The maximum absolute atomic E-state index is 12.0. The van der Waals surface area contributed by atoms with Crippen LogP contribution in [-0.2, 0) is 0 Å². The summed E-state index contributed by atoms with van der Waals surface area (Å²) in [5.41, 5.74) is 2.30. The van der Waals surface area contributed by atoms with Crippen LogP contribution < -0.4 is 14.8 Å². The van der Waals surface area contributed by atoms with Gasteiger partial charge in [-0.05, 0) is 61.5 Å². The molecule has 144 valence electrons. The number of halogens is 1. The van der Waals surface area contributed by atoms with Crippen LogP contribution in [0.2, 0.25) is 0 Å². The first-order valence-electron chi connectivity index (χ1n) is 8.89. The Balaban J connectivity index is 1.46. The molecule has 0 bridgehead atoms. The molecule has 2 aromatic carbocycles. The fourth-order valence-electron chi connectivity index (χ4n) is 2.46. The molecule has 3 aromatic rings. The van der Waals surface area contributed by atoms with Gasteiger partial charge in [-0.15, -0.1) is 10.2 Å². The second-order valence-corrected chi connectivity index (χ2v) is 6.74. The molecule has 0 unspecified atom stereocenters. The molecule has 0 saturated heterocycles. The fourth-order valence-corrected chi connectivity index (χ4v) is 2.73. The maximum atomic E-state index is 12.0. The molecule has 1 N–H and O–H groups in total. The first-order valence-corrected chi connectivity index (χ1v) is 9.68. The van der Waals surface area contributed by atoms with Gasteiger partial charge < -0.3 is 14.8 Å². The number of nitrogens with one attached hydrogen (secondary N) is 1. The Labute approximate surface area is 172 Å². The number of rotatable bonds is 8. The topological polar surface area (TPSA) is 73.3 Å². The summed E-state index contributed by atoms with van der Waals surface area (Å²) in [5.74, 6) is 1.09. The number of nitrogens with zero attached hydrogens (tertiary/aromatic N) is 2. The van der Waals surface area contributed by atoms with E-state index in [-0.39, 0.29) is 5.91 Å². The van der Waals surface area contributed by atoms with Gasteiger partial charge >= 0.3 is 0 Å². The van der Waals surface area contributed by atoms with Gasteiger partial charge in [0.1, 0.15) is 12.4 Å². The molecule has 0 spiro atoms. The van der Waals surface area contributed by atoms with Crippen LogP contribution in [0.3, 0.4) is 0 Å². The van der Waals surface area contributed by atoms with E-state index in [1.807, 2.05) is 49.4 Å². The molecule has 3 rings (SSSR count). The number of hydrogen-bond acceptors (Lipinski definition) is 5. The van der Waals surface area contributed by atoms with Crippen LogP contribution >= 0.6 is 15.9 Å². The summed E-state index contributed by atoms with van der Waals surface area (Å²) in [6, 6.07) is 18.4. The summed E-state index contributed by atoms with van der Waals surface area (Å²) >= 11 is 3.34. The number of ether oxygens (including phenoxy) is 2. The molecule has 1 aromatic heterocycles. The number of carbonyl (C=O) groups excluding carboxylic acids is 1. The summed E-state index contributed by atoms with van der Waals surface area (Å²) in [6.45, 7) is 3.26. The normalized spacial score (nSPS) is 10.4. The molecule has 0 aliphatic rings. The zero-order valence-electron chi connectivity index (χ0n) is 15.4. The van der Waals surface area contributed by atoms with Gasteiger partial charge in [0, 0.05) is 21.7 Å². The minimum atomic E-state index is -0.145. The second kappa shape index (κ2) is 9.85. The Morgan fingerprint density at radius 3 is 2.36 bits per heavy atom. The van der Waals surface area contributed by atoms with E-state index in [9.17, 15) is 4.79 Å². The highest BCUT2D eigenvalue weighted by atomic mass is 79.9. The summed E-state index contributed by atoms with van der Waals surface area (Å²) in [6.07, 6.45) is 0. The van der Waals surface area contributed by atoms with Gasteiger partial charge in [-0.3, -0.25) is 4.79 Å². The van der Waals surface area contributed by atoms with Gasteiger partial charge in [0.25, 0.3) is 5.91 Å². The van der Waals surface area contributed by atoms with Gasteiger partial charge in [-0.1, -0.05) is 15.9 Å².